The number of allylic oxidation sites excluding steroid dienone is 6. The van der Waals surface area contributed by atoms with E-state index < -0.39 is 17.4 Å². The fraction of sp³-hybridized carbons (Fsp3) is 0.680. The first-order chi connectivity index (χ1) is 13.7. The van der Waals surface area contributed by atoms with Gasteiger partial charge in [0.05, 0.1) is 5.92 Å². The molecule has 0 aromatic heterocycles. The number of halogens is 3. The van der Waals surface area contributed by atoms with Crippen molar-refractivity contribution in [2.45, 2.75) is 78.2 Å². The molecule has 3 aliphatic carbocycles. The van der Waals surface area contributed by atoms with E-state index in [1.807, 2.05) is 30.1 Å². The Morgan fingerprint density at radius 2 is 1.59 bits per heavy atom. The van der Waals surface area contributed by atoms with Gasteiger partial charge in [-0.05, 0) is 86.4 Å². The van der Waals surface area contributed by atoms with Crippen LogP contribution in [0.1, 0.15) is 72.1 Å². The Balaban J connectivity index is 1.61. The zero-order chi connectivity index (χ0) is 21.1. The van der Waals surface area contributed by atoms with Crippen LogP contribution in [0.25, 0.3) is 0 Å². The van der Waals surface area contributed by atoms with E-state index in [1.54, 1.807) is 12.2 Å². The molecule has 4 heteroatoms. The monoisotopic (exact) mass is 516 g/mol. The van der Waals surface area contributed by atoms with Crippen molar-refractivity contribution in [2.24, 2.45) is 29.1 Å². The summed E-state index contributed by atoms with van der Waals surface area (Å²) in [6, 6.07) is 0. The summed E-state index contributed by atoms with van der Waals surface area (Å²) in [7, 11) is 0. The second-order valence-electron chi connectivity index (χ2n) is 9.72. The summed E-state index contributed by atoms with van der Waals surface area (Å²) in [5.74, 6) is 1.81. The van der Waals surface area contributed by atoms with Gasteiger partial charge in [0.1, 0.15) is 5.76 Å². The van der Waals surface area contributed by atoms with E-state index >= 15 is 8.78 Å². The zero-order valence-electron chi connectivity index (χ0n) is 18.0. The second kappa shape index (κ2) is 9.65. The molecule has 0 aromatic rings. The molecule has 162 valence electrons. The highest BCUT2D eigenvalue weighted by Crippen LogP contribution is 2.46. The maximum absolute atomic E-state index is 15.0. The molecule has 1 atom stereocenters. The van der Waals surface area contributed by atoms with E-state index in [2.05, 4.69) is 35.6 Å². The minimum atomic E-state index is -3.12. The topological polar surface area (TPSA) is 9.23 Å². The van der Waals surface area contributed by atoms with Gasteiger partial charge in [-0.2, -0.15) is 8.78 Å². The maximum Gasteiger partial charge on any atom is 0.400 e. The highest BCUT2D eigenvalue weighted by Gasteiger charge is 2.45. The normalized spacial score (nSPS) is 36.5. The summed E-state index contributed by atoms with van der Waals surface area (Å²) in [6.07, 6.45) is 14.5. The molecular formula is C25H35F2IO. The van der Waals surface area contributed by atoms with Crippen molar-refractivity contribution >= 4 is 22.6 Å². The summed E-state index contributed by atoms with van der Waals surface area (Å²) in [5, 5.41) is 0. The lowest BCUT2D eigenvalue weighted by Gasteiger charge is -2.39. The second-order valence-corrected chi connectivity index (χ2v) is 10.4. The third kappa shape index (κ3) is 6.18. The summed E-state index contributed by atoms with van der Waals surface area (Å²) < 4.78 is 37.4. The summed E-state index contributed by atoms with van der Waals surface area (Å²) in [4.78, 5) is 0. The number of hydrogen-bond donors (Lipinski definition) is 0. The highest BCUT2D eigenvalue weighted by molar-refractivity contribution is 14.1. The van der Waals surface area contributed by atoms with Gasteiger partial charge in [0.2, 0.25) is 0 Å². The van der Waals surface area contributed by atoms with Crippen LogP contribution in [-0.2, 0) is 4.74 Å². The van der Waals surface area contributed by atoms with Crippen LogP contribution in [-0.4, -0.2) is 6.11 Å². The maximum atomic E-state index is 15.0. The molecule has 29 heavy (non-hydrogen) atoms. The van der Waals surface area contributed by atoms with Gasteiger partial charge in [0, 0.05) is 5.41 Å². The van der Waals surface area contributed by atoms with Crippen LogP contribution in [0, 0.1) is 29.1 Å². The lowest BCUT2D eigenvalue weighted by Crippen LogP contribution is -2.36. The number of ether oxygens (including phenoxy) is 1. The van der Waals surface area contributed by atoms with E-state index in [9.17, 15) is 0 Å². The van der Waals surface area contributed by atoms with Gasteiger partial charge in [-0.1, -0.05) is 66.2 Å². The Bertz CT molecular complexity index is 677. The number of hydrogen-bond acceptors (Lipinski definition) is 1. The molecule has 0 aliphatic heterocycles. The van der Waals surface area contributed by atoms with Gasteiger partial charge in [-0.3, -0.25) is 0 Å². The molecule has 0 heterocycles. The summed E-state index contributed by atoms with van der Waals surface area (Å²) >= 11 is 2.16. The molecule has 2 fully saturated rings. The summed E-state index contributed by atoms with van der Waals surface area (Å²) in [6.45, 7) is 6.33. The molecule has 0 aromatic carbocycles. The van der Waals surface area contributed by atoms with Crippen molar-refractivity contribution in [3.05, 3.63) is 45.8 Å². The smallest absolute Gasteiger partial charge is 0.400 e. The van der Waals surface area contributed by atoms with Crippen molar-refractivity contribution in [2.75, 3.05) is 0 Å². The SMILES string of the molecule is CC1=CC(C)(/C=C/I)C=C(OC(F)(F)C2CCC(C3CCC(C)CC3)CC2)C=C1. The van der Waals surface area contributed by atoms with E-state index in [-0.39, 0.29) is 5.76 Å². The molecular weight excluding hydrogens is 481 g/mol. The first kappa shape index (κ1) is 23.0. The molecule has 0 spiro atoms. The molecule has 3 aliphatic rings. The number of rotatable bonds is 5. The van der Waals surface area contributed by atoms with Crippen LogP contribution < -0.4 is 0 Å². The third-order valence-electron chi connectivity index (χ3n) is 7.15. The molecule has 0 amide bonds. The molecule has 1 nitrogen and oxygen atoms in total. The van der Waals surface area contributed by atoms with Crippen molar-refractivity contribution < 1.29 is 13.5 Å². The summed E-state index contributed by atoms with van der Waals surface area (Å²) in [5.41, 5.74) is 0.623. The highest BCUT2D eigenvalue weighted by atomic mass is 127. The van der Waals surface area contributed by atoms with Crippen LogP contribution in [0.15, 0.2) is 45.8 Å². The average Bonchev–Trinajstić information content (AvgIpc) is 2.80. The lowest BCUT2D eigenvalue weighted by atomic mass is 9.69. The molecule has 2 saturated carbocycles. The van der Waals surface area contributed by atoms with Gasteiger partial charge >= 0.3 is 6.11 Å². The van der Waals surface area contributed by atoms with E-state index in [1.165, 1.54) is 25.7 Å². The molecule has 1 unspecified atom stereocenters. The van der Waals surface area contributed by atoms with Gasteiger partial charge in [-0.15, -0.1) is 0 Å². The Hall–Kier alpha value is -0.650. The Morgan fingerprint density at radius 1 is 1.00 bits per heavy atom. The average molecular weight is 516 g/mol. The van der Waals surface area contributed by atoms with Crippen LogP contribution in [0.5, 0.6) is 0 Å². The van der Waals surface area contributed by atoms with Gasteiger partial charge < -0.3 is 4.74 Å². The van der Waals surface area contributed by atoms with Crippen LogP contribution >= 0.6 is 22.6 Å². The largest absolute Gasteiger partial charge is 0.433 e. The number of alkyl halides is 2. The quantitative estimate of drug-likeness (QED) is 0.333. The predicted molar refractivity (Wildman–Crippen MR) is 125 cm³/mol. The van der Waals surface area contributed by atoms with E-state index in [0.717, 1.165) is 30.3 Å². The Labute approximate surface area is 188 Å². The van der Waals surface area contributed by atoms with Crippen LogP contribution in [0.3, 0.4) is 0 Å². The van der Waals surface area contributed by atoms with Crippen LogP contribution in [0.2, 0.25) is 0 Å². The van der Waals surface area contributed by atoms with Crippen molar-refractivity contribution in [3.8, 4) is 0 Å². The fourth-order valence-electron chi connectivity index (χ4n) is 5.37. The van der Waals surface area contributed by atoms with Crippen molar-refractivity contribution in [3.63, 3.8) is 0 Å². The first-order valence-electron chi connectivity index (χ1n) is 11.2. The molecule has 3 rings (SSSR count). The first-order valence-corrected chi connectivity index (χ1v) is 12.4. The lowest BCUT2D eigenvalue weighted by molar-refractivity contribution is -0.254. The van der Waals surface area contributed by atoms with Crippen molar-refractivity contribution in [1.29, 1.82) is 0 Å². The Kier molecular flexibility index (Phi) is 7.66. The zero-order valence-corrected chi connectivity index (χ0v) is 20.1. The fourth-order valence-corrected chi connectivity index (χ4v) is 6.14. The Morgan fingerprint density at radius 3 is 2.17 bits per heavy atom. The van der Waals surface area contributed by atoms with E-state index in [0.29, 0.717) is 18.8 Å². The minimum absolute atomic E-state index is 0.267. The standard InChI is InChI=1S/C25H35F2IO/c1-18-4-7-20(8-5-18)21-9-11-22(12-10-21)25(26,27)29-23-13-6-19(2)16-24(3,17-23)14-15-28/h6,13-18,20-22H,4-5,7-12H2,1-3H3/b15-14+. The molecule has 0 radical (unpaired) electrons. The third-order valence-corrected chi connectivity index (χ3v) is 7.51. The van der Waals surface area contributed by atoms with Crippen LogP contribution in [0.4, 0.5) is 8.78 Å². The molecule has 0 N–H and O–H groups in total. The molecule has 0 saturated heterocycles. The van der Waals surface area contributed by atoms with Gasteiger partial charge in [-0.25, -0.2) is 0 Å². The van der Waals surface area contributed by atoms with Crippen molar-refractivity contribution in [1.82, 2.24) is 0 Å². The van der Waals surface area contributed by atoms with Gasteiger partial charge in [0.25, 0.3) is 0 Å². The minimum Gasteiger partial charge on any atom is -0.433 e. The predicted octanol–water partition coefficient (Wildman–Crippen LogP) is 8.58. The van der Waals surface area contributed by atoms with E-state index in [4.69, 9.17) is 4.74 Å². The van der Waals surface area contributed by atoms with Gasteiger partial charge in [0.15, 0.2) is 0 Å². The molecule has 0 bridgehead atoms.